The van der Waals surface area contributed by atoms with Crippen molar-refractivity contribution in [3.05, 3.63) is 52.6 Å². The number of nitrogens with one attached hydrogen (secondary N) is 1. The fourth-order valence-corrected chi connectivity index (χ4v) is 2.03. The van der Waals surface area contributed by atoms with Gasteiger partial charge in [-0.15, -0.1) is 0 Å². The van der Waals surface area contributed by atoms with Gasteiger partial charge in [0.2, 0.25) is 0 Å². The van der Waals surface area contributed by atoms with Crippen LogP contribution in [0.1, 0.15) is 0 Å². The summed E-state index contributed by atoms with van der Waals surface area (Å²) in [7, 11) is 0. The topological polar surface area (TPSA) is 122 Å². The molecule has 0 aromatic heterocycles. The Morgan fingerprint density at radius 2 is 2.05 bits per heavy atom. The molecule has 0 fully saturated rings. The van der Waals surface area contributed by atoms with Crippen molar-refractivity contribution in [3.63, 3.8) is 0 Å². The zero-order valence-corrected chi connectivity index (χ0v) is 11.8. The smallest absolute Gasteiger partial charge is 0.270 e. The molecule has 0 amide bonds. The van der Waals surface area contributed by atoms with Crippen molar-refractivity contribution >= 4 is 17.1 Å². The van der Waals surface area contributed by atoms with E-state index in [1.165, 1.54) is 12.1 Å². The van der Waals surface area contributed by atoms with Crippen LogP contribution >= 0.6 is 0 Å². The summed E-state index contributed by atoms with van der Waals surface area (Å²) in [6, 6.07) is 11.3. The molecule has 5 N–H and O–H groups in total. The van der Waals surface area contributed by atoms with Gasteiger partial charge in [0.05, 0.1) is 17.6 Å². The molecular formula is C15H17N3O4. The van der Waals surface area contributed by atoms with E-state index < -0.39 is 11.0 Å². The third-order valence-corrected chi connectivity index (χ3v) is 3.15. The summed E-state index contributed by atoms with van der Waals surface area (Å²) < 4.78 is 0. The van der Waals surface area contributed by atoms with Crippen molar-refractivity contribution in [3.8, 4) is 11.1 Å². The van der Waals surface area contributed by atoms with Crippen molar-refractivity contribution in [1.82, 2.24) is 0 Å². The standard InChI is InChI=1S/C15H17N3O4/c16-11-4-5-15(17-8-13(20)9-19)14(7-11)10-2-1-3-12(6-10)18(21)22/h1-7,13,17,19-20H,8-9,16H2. The Hall–Kier alpha value is -2.64. The Bertz CT molecular complexity index is 676. The molecule has 1 unspecified atom stereocenters. The number of nitrogens with two attached hydrogens (primary N) is 1. The SMILES string of the molecule is Nc1ccc(NCC(O)CO)c(-c2cccc([N+](=O)[O-])c2)c1. The fraction of sp³-hybridized carbons (Fsp3) is 0.200. The number of anilines is 2. The highest BCUT2D eigenvalue weighted by Gasteiger charge is 2.11. The van der Waals surface area contributed by atoms with Crippen molar-refractivity contribution in [2.45, 2.75) is 6.10 Å². The normalized spacial score (nSPS) is 11.9. The molecule has 0 spiro atoms. The van der Waals surface area contributed by atoms with Gasteiger partial charge in [-0.3, -0.25) is 10.1 Å². The van der Waals surface area contributed by atoms with Gasteiger partial charge >= 0.3 is 0 Å². The molecule has 0 aliphatic rings. The number of nitrogen functional groups attached to an aromatic ring is 1. The van der Waals surface area contributed by atoms with Crippen LogP contribution in [0.25, 0.3) is 11.1 Å². The number of rotatable bonds is 6. The van der Waals surface area contributed by atoms with E-state index in [1.807, 2.05) is 0 Å². The van der Waals surface area contributed by atoms with Crippen LogP contribution in [0.3, 0.4) is 0 Å². The van der Waals surface area contributed by atoms with Gasteiger partial charge in [0, 0.05) is 35.6 Å². The number of hydrogen-bond acceptors (Lipinski definition) is 6. The van der Waals surface area contributed by atoms with Crippen LogP contribution in [-0.4, -0.2) is 34.4 Å². The molecule has 0 aliphatic carbocycles. The average Bonchev–Trinajstić information content (AvgIpc) is 2.53. The lowest BCUT2D eigenvalue weighted by molar-refractivity contribution is -0.384. The molecule has 0 aliphatic heterocycles. The van der Waals surface area contributed by atoms with Crippen LogP contribution in [0.15, 0.2) is 42.5 Å². The number of nitrogens with zero attached hydrogens (tertiary/aromatic N) is 1. The molecule has 0 bridgehead atoms. The first-order chi connectivity index (χ1) is 10.5. The van der Waals surface area contributed by atoms with Gasteiger partial charge in [-0.05, 0) is 23.8 Å². The molecule has 1 atom stereocenters. The number of nitro benzene ring substituents is 1. The van der Waals surface area contributed by atoms with E-state index in [-0.39, 0.29) is 18.8 Å². The van der Waals surface area contributed by atoms with Crippen LogP contribution in [0.4, 0.5) is 17.1 Å². The largest absolute Gasteiger partial charge is 0.399 e. The maximum Gasteiger partial charge on any atom is 0.270 e. The fourth-order valence-electron chi connectivity index (χ4n) is 2.03. The molecule has 22 heavy (non-hydrogen) atoms. The Kier molecular flexibility index (Phi) is 4.92. The maximum atomic E-state index is 10.9. The van der Waals surface area contributed by atoms with Crippen LogP contribution in [-0.2, 0) is 0 Å². The zero-order chi connectivity index (χ0) is 16.1. The number of aliphatic hydroxyl groups is 2. The molecule has 116 valence electrons. The molecule has 2 rings (SSSR count). The minimum absolute atomic E-state index is 0.0127. The summed E-state index contributed by atoms with van der Waals surface area (Å²) in [5, 5.41) is 32.2. The van der Waals surface area contributed by atoms with E-state index in [9.17, 15) is 15.2 Å². The number of nitro groups is 1. The van der Waals surface area contributed by atoms with Gasteiger partial charge in [0.1, 0.15) is 0 Å². The van der Waals surface area contributed by atoms with Gasteiger partial charge in [-0.25, -0.2) is 0 Å². The maximum absolute atomic E-state index is 10.9. The van der Waals surface area contributed by atoms with Crippen molar-refractivity contribution in [2.75, 3.05) is 24.2 Å². The molecule has 0 saturated heterocycles. The summed E-state index contributed by atoms with van der Waals surface area (Å²) in [6.07, 6.45) is -0.893. The summed E-state index contributed by atoms with van der Waals surface area (Å²) in [6.45, 7) is -0.198. The second-order valence-corrected chi connectivity index (χ2v) is 4.83. The zero-order valence-electron chi connectivity index (χ0n) is 11.8. The Labute approximate surface area is 127 Å². The van der Waals surface area contributed by atoms with E-state index >= 15 is 0 Å². The van der Waals surface area contributed by atoms with E-state index in [1.54, 1.807) is 30.3 Å². The third kappa shape index (κ3) is 3.72. The predicted octanol–water partition coefficient (Wildman–Crippen LogP) is 1.61. The van der Waals surface area contributed by atoms with Gasteiger partial charge in [-0.2, -0.15) is 0 Å². The molecule has 7 nitrogen and oxygen atoms in total. The first kappa shape index (κ1) is 15.7. The molecule has 0 heterocycles. The van der Waals surface area contributed by atoms with E-state index in [0.29, 0.717) is 22.5 Å². The van der Waals surface area contributed by atoms with Crippen molar-refractivity contribution in [2.24, 2.45) is 0 Å². The van der Waals surface area contributed by atoms with Crippen LogP contribution in [0.2, 0.25) is 0 Å². The Balaban J connectivity index is 2.38. The monoisotopic (exact) mass is 303 g/mol. The van der Waals surface area contributed by atoms with Crippen LogP contribution < -0.4 is 11.1 Å². The second kappa shape index (κ2) is 6.88. The minimum Gasteiger partial charge on any atom is -0.399 e. The molecule has 7 heteroatoms. The lowest BCUT2D eigenvalue weighted by Gasteiger charge is -2.15. The predicted molar refractivity (Wildman–Crippen MR) is 84.5 cm³/mol. The Morgan fingerprint density at radius 3 is 2.73 bits per heavy atom. The van der Waals surface area contributed by atoms with Gasteiger partial charge < -0.3 is 21.3 Å². The minimum atomic E-state index is -0.893. The number of hydrogen-bond donors (Lipinski definition) is 4. The molecule has 2 aromatic carbocycles. The van der Waals surface area contributed by atoms with Crippen molar-refractivity contribution in [1.29, 1.82) is 0 Å². The molecule has 0 saturated carbocycles. The summed E-state index contributed by atoms with van der Waals surface area (Å²) in [4.78, 5) is 10.4. The highest BCUT2D eigenvalue weighted by atomic mass is 16.6. The summed E-state index contributed by atoms with van der Waals surface area (Å²) >= 11 is 0. The molecule has 0 radical (unpaired) electrons. The van der Waals surface area contributed by atoms with E-state index in [4.69, 9.17) is 10.8 Å². The first-order valence-electron chi connectivity index (χ1n) is 6.68. The average molecular weight is 303 g/mol. The van der Waals surface area contributed by atoms with Crippen LogP contribution in [0, 0.1) is 10.1 Å². The summed E-state index contributed by atoms with van der Waals surface area (Å²) in [5.41, 5.74) is 8.30. The van der Waals surface area contributed by atoms with Gasteiger partial charge in [-0.1, -0.05) is 12.1 Å². The van der Waals surface area contributed by atoms with Gasteiger partial charge in [0.15, 0.2) is 0 Å². The lowest BCUT2D eigenvalue weighted by Crippen LogP contribution is -2.23. The third-order valence-electron chi connectivity index (χ3n) is 3.15. The van der Waals surface area contributed by atoms with E-state index in [2.05, 4.69) is 5.32 Å². The number of benzene rings is 2. The molecule has 2 aromatic rings. The Morgan fingerprint density at radius 1 is 1.27 bits per heavy atom. The summed E-state index contributed by atoms with van der Waals surface area (Å²) in [5.74, 6) is 0. The van der Waals surface area contributed by atoms with Crippen LogP contribution in [0.5, 0.6) is 0 Å². The molecular weight excluding hydrogens is 286 g/mol. The number of aliphatic hydroxyl groups excluding tert-OH is 2. The van der Waals surface area contributed by atoms with Crippen molar-refractivity contribution < 1.29 is 15.1 Å². The second-order valence-electron chi connectivity index (χ2n) is 4.83. The first-order valence-corrected chi connectivity index (χ1v) is 6.68. The highest BCUT2D eigenvalue weighted by molar-refractivity contribution is 5.81. The number of non-ortho nitro benzene ring substituents is 1. The van der Waals surface area contributed by atoms with E-state index in [0.717, 1.165) is 0 Å². The quantitative estimate of drug-likeness (QED) is 0.365. The lowest BCUT2D eigenvalue weighted by atomic mass is 10.0. The van der Waals surface area contributed by atoms with Gasteiger partial charge in [0.25, 0.3) is 5.69 Å². The highest BCUT2D eigenvalue weighted by Crippen LogP contribution is 2.32.